The zero-order valence-corrected chi connectivity index (χ0v) is 16.0. The molecule has 2 nitrogen and oxygen atoms in total. The number of nitrogens with two attached hydrogens (primary N) is 1. The second kappa shape index (κ2) is 20.4. The van der Waals surface area contributed by atoms with Gasteiger partial charge in [0, 0.05) is 12.8 Å². The van der Waals surface area contributed by atoms with Gasteiger partial charge in [-0.05, 0) is 57.9 Å². The lowest BCUT2D eigenvalue weighted by atomic mass is 10.1. The largest absolute Gasteiger partial charge is 0.330 e. The van der Waals surface area contributed by atoms with Gasteiger partial charge in [-0.15, -0.1) is 0 Å². The summed E-state index contributed by atoms with van der Waals surface area (Å²) in [5.41, 5.74) is 5.39. The van der Waals surface area contributed by atoms with Crippen LogP contribution >= 0.6 is 0 Å². The van der Waals surface area contributed by atoms with Crippen molar-refractivity contribution in [2.75, 3.05) is 6.54 Å². The molecule has 0 amide bonds. The molecule has 2 N–H and O–H groups in total. The van der Waals surface area contributed by atoms with Gasteiger partial charge < -0.3 is 5.73 Å². The van der Waals surface area contributed by atoms with Crippen LogP contribution in [0, 0.1) is 0 Å². The number of carbonyl (C=O) groups is 1. The van der Waals surface area contributed by atoms with E-state index >= 15 is 0 Å². The fraction of sp³-hybridized carbons (Fsp3) is 0.522. The third-order valence-corrected chi connectivity index (χ3v) is 3.64. The van der Waals surface area contributed by atoms with E-state index in [4.69, 9.17) is 5.73 Å². The maximum Gasteiger partial charge on any atom is 0.132 e. The summed E-state index contributed by atoms with van der Waals surface area (Å²) in [5.74, 6) is 0.345. The van der Waals surface area contributed by atoms with Crippen LogP contribution in [0.3, 0.4) is 0 Å². The number of carbonyl (C=O) groups excluding carboxylic acids is 1. The molecule has 0 spiro atoms. The highest BCUT2D eigenvalue weighted by molar-refractivity contribution is 5.78. The van der Waals surface area contributed by atoms with Crippen LogP contribution < -0.4 is 5.73 Å². The van der Waals surface area contributed by atoms with E-state index in [0.29, 0.717) is 25.2 Å². The first-order chi connectivity index (χ1) is 12.3. The number of hydrogen-bond donors (Lipinski definition) is 1. The van der Waals surface area contributed by atoms with E-state index in [1.807, 2.05) is 0 Å². The van der Waals surface area contributed by atoms with E-state index in [0.717, 1.165) is 51.4 Å². The van der Waals surface area contributed by atoms with E-state index in [-0.39, 0.29) is 0 Å². The Bertz CT molecular complexity index is 441. The van der Waals surface area contributed by atoms with Crippen molar-refractivity contribution in [2.45, 2.75) is 71.1 Å². The molecule has 0 atom stereocenters. The summed E-state index contributed by atoms with van der Waals surface area (Å²) >= 11 is 0. The number of rotatable bonds is 16. The second-order valence-electron chi connectivity index (χ2n) is 6.03. The van der Waals surface area contributed by atoms with Gasteiger partial charge in [0.2, 0.25) is 0 Å². The van der Waals surface area contributed by atoms with E-state index in [9.17, 15) is 4.79 Å². The van der Waals surface area contributed by atoms with E-state index in [2.05, 4.69) is 67.7 Å². The van der Waals surface area contributed by atoms with E-state index in [1.165, 1.54) is 0 Å². The molecule has 0 rings (SSSR count). The number of hydrogen-bond acceptors (Lipinski definition) is 2. The lowest BCUT2D eigenvalue weighted by Crippen LogP contribution is -2.04. The molecule has 0 saturated carbocycles. The molecule has 140 valence electrons. The Kier molecular flexibility index (Phi) is 19.0. The van der Waals surface area contributed by atoms with Crippen LogP contribution in [0.1, 0.15) is 71.1 Å². The van der Waals surface area contributed by atoms with Crippen LogP contribution in [-0.2, 0) is 4.79 Å². The summed E-state index contributed by atoms with van der Waals surface area (Å²) in [6, 6.07) is 0. The number of unbranched alkanes of at least 4 members (excludes halogenated alkanes) is 1. The molecule has 0 aliphatic rings. The van der Waals surface area contributed by atoms with Gasteiger partial charge in [0.15, 0.2) is 0 Å². The predicted octanol–water partition coefficient (Wildman–Crippen LogP) is 6.22. The maximum atomic E-state index is 11.5. The highest BCUT2D eigenvalue weighted by Gasteiger charge is 1.99. The number of ketones is 1. The lowest BCUT2D eigenvalue weighted by Gasteiger charge is -1.97. The standard InChI is InChI=1S/C23H37NO/c1-2-3-4-5-6-7-8-9-10-11-12-13-14-15-16-17-18-20-23(25)21-19-22-24/h3-4,6-7,9-10,12-13,15-16H,2,5,8,11,14,17-22,24H2,1H3/b4-3-,7-6-,10-9-,13-12-,16-15-. The van der Waals surface area contributed by atoms with Gasteiger partial charge in [0.05, 0.1) is 0 Å². The molecule has 0 aliphatic heterocycles. The van der Waals surface area contributed by atoms with E-state index in [1.54, 1.807) is 0 Å². The second-order valence-corrected chi connectivity index (χ2v) is 6.03. The molecule has 0 aromatic carbocycles. The van der Waals surface area contributed by atoms with Crippen molar-refractivity contribution in [3.05, 3.63) is 60.8 Å². The Morgan fingerprint density at radius 2 is 1.12 bits per heavy atom. The Morgan fingerprint density at radius 1 is 0.680 bits per heavy atom. The number of Topliss-reactive ketones (excluding diaryl/α,β-unsaturated/α-hetero) is 1. The van der Waals surface area contributed by atoms with Gasteiger partial charge >= 0.3 is 0 Å². The first kappa shape index (κ1) is 23.3. The average Bonchev–Trinajstić information content (AvgIpc) is 2.62. The Balaban J connectivity index is 3.49. The van der Waals surface area contributed by atoms with Gasteiger partial charge in [0.25, 0.3) is 0 Å². The molecule has 0 saturated heterocycles. The van der Waals surface area contributed by atoms with Crippen LogP contribution in [0.15, 0.2) is 60.8 Å². The molecule has 0 aliphatic carbocycles. The first-order valence-corrected chi connectivity index (χ1v) is 9.78. The Hall–Kier alpha value is -1.67. The van der Waals surface area contributed by atoms with Crippen LogP contribution in [0.2, 0.25) is 0 Å². The van der Waals surface area contributed by atoms with Crippen molar-refractivity contribution in [3.8, 4) is 0 Å². The molecule has 0 unspecified atom stereocenters. The monoisotopic (exact) mass is 343 g/mol. The molecular formula is C23H37NO. The maximum absolute atomic E-state index is 11.5. The van der Waals surface area contributed by atoms with Gasteiger partial charge in [-0.1, -0.05) is 67.7 Å². The van der Waals surface area contributed by atoms with Crippen molar-refractivity contribution in [2.24, 2.45) is 5.73 Å². The minimum atomic E-state index is 0.345. The minimum absolute atomic E-state index is 0.345. The van der Waals surface area contributed by atoms with Crippen LogP contribution in [0.5, 0.6) is 0 Å². The molecule has 2 heteroatoms. The summed E-state index contributed by atoms with van der Waals surface area (Å²) in [4.78, 5) is 11.5. The molecule has 0 bridgehead atoms. The summed E-state index contributed by atoms with van der Waals surface area (Å²) in [6.45, 7) is 2.76. The molecular weight excluding hydrogens is 306 g/mol. The highest BCUT2D eigenvalue weighted by Crippen LogP contribution is 2.03. The van der Waals surface area contributed by atoms with Crippen LogP contribution in [0.25, 0.3) is 0 Å². The van der Waals surface area contributed by atoms with Crippen LogP contribution in [-0.4, -0.2) is 12.3 Å². The normalized spacial score (nSPS) is 12.7. The van der Waals surface area contributed by atoms with Gasteiger partial charge in [-0.3, -0.25) is 4.79 Å². The summed E-state index contributed by atoms with van der Waals surface area (Å²) in [6.07, 6.45) is 31.2. The first-order valence-electron chi connectivity index (χ1n) is 9.78. The van der Waals surface area contributed by atoms with E-state index < -0.39 is 0 Å². The minimum Gasteiger partial charge on any atom is -0.330 e. The summed E-state index contributed by atoms with van der Waals surface area (Å²) in [5, 5.41) is 0. The van der Waals surface area contributed by atoms with Crippen LogP contribution in [0.4, 0.5) is 0 Å². The van der Waals surface area contributed by atoms with Gasteiger partial charge in [-0.2, -0.15) is 0 Å². The zero-order valence-electron chi connectivity index (χ0n) is 16.0. The molecule has 25 heavy (non-hydrogen) atoms. The predicted molar refractivity (Wildman–Crippen MR) is 112 cm³/mol. The third-order valence-electron chi connectivity index (χ3n) is 3.64. The third kappa shape index (κ3) is 20.3. The Labute approximate surface area is 155 Å². The van der Waals surface area contributed by atoms with Crippen molar-refractivity contribution in [3.63, 3.8) is 0 Å². The summed E-state index contributed by atoms with van der Waals surface area (Å²) < 4.78 is 0. The quantitative estimate of drug-likeness (QED) is 0.267. The SMILES string of the molecule is CC/C=C\C/C=C\C/C=C\C/C=C\C/C=C\CCCC(=O)CCCN. The fourth-order valence-electron chi connectivity index (χ4n) is 2.21. The van der Waals surface area contributed by atoms with Gasteiger partial charge in [-0.25, -0.2) is 0 Å². The average molecular weight is 344 g/mol. The van der Waals surface area contributed by atoms with Crippen molar-refractivity contribution in [1.82, 2.24) is 0 Å². The van der Waals surface area contributed by atoms with Crippen molar-refractivity contribution < 1.29 is 4.79 Å². The van der Waals surface area contributed by atoms with Crippen molar-refractivity contribution in [1.29, 1.82) is 0 Å². The molecule has 0 aromatic heterocycles. The Morgan fingerprint density at radius 3 is 1.60 bits per heavy atom. The lowest BCUT2D eigenvalue weighted by molar-refractivity contribution is -0.119. The summed E-state index contributed by atoms with van der Waals surface area (Å²) in [7, 11) is 0. The topological polar surface area (TPSA) is 43.1 Å². The zero-order chi connectivity index (χ0) is 18.4. The highest BCUT2D eigenvalue weighted by atomic mass is 16.1. The smallest absolute Gasteiger partial charge is 0.132 e. The number of allylic oxidation sites excluding steroid dienone is 10. The van der Waals surface area contributed by atoms with Crippen molar-refractivity contribution >= 4 is 5.78 Å². The molecule has 0 heterocycles. The van der Waals surface area contributed by atoms with Gasteiger partial charge in [0.1, 0.15) is 5.78 Å². The fourth-order valence-corrected chi connectivity index (χ4v) is 2.21. The molecule has 0 aromatic rings. The molecule has 0 fully saturated rings. The molecule has 0 radical (unpaired) electrons.